The van der Waals surface area contributed by atoms with Crippen LogP contribution in [-0.4, -0.2) is 50.3 Å². The molecule has 28 heavy (non-hydrogen) atoms. The van der Waals surface area contributed by atoms with Crippen LogP contribution in [0.3, 0.4) is 0 Å². The van der Waals surface area contributed by atoms with Gasteiger partial charge in [-0.1, -0.05) is 30.3 Å². The van der Waals surface area contributed by atoms with E-state index in [9.17, 15) is 4.79 Å². The molecule has 1 aromatic carbocycles. The van der Waals surface area contributed by atoms with Gasteiger partial charge in [0.1, 0.15) is 5.56 Å². The Kier molecular flexibility index (Phi) is 4.56. The number of carbonyl (C=O) groups is 1. The molecule has 144 valence electrons. The van der Waals surface area contributed by atoms with Crippen molar-refractivity contribution in [3.8, 4) is 11.3 Å². The Morgan fingerprint density at radius 2 is 2.18 bits per heavy atom. The smallest absolute Gasteiger partial charge is 0.256 e. The van der Waals surface area contributed by atoms with Gasteiger partial charge < -0.3 is 10.1 Å². The largest absolute Gasteiger partial charge is 0.374 e. The molecule has 0 bridgehead atoms. The molecule has 1 N–H and O–H groups in total. The molecule has 0 aliphatic carbocycles. The van der Waals surface area contributed by atoms with Crippen molar-refractivity contribution in [3.05, 3.63) is 54.4 Å². The van der Waals surface area contributed by atoms with Gasteiger partial charge in [0.05, 0.1) is 17.5 Å². The first-order valence-electron chi connectivity index (χ1n) is 9.65. The maximum Gasteiger partial charge on any atom is 0.256 e. The minimum atomic E-state index is -0.111. The van der Waals surface area contributed by atoms with E-state index < -0.39 is 0 Å². The Labute approximate surface area is 167 Å². The topological polar surface area (TPSA) is 68.5 Å². The average molecular weight is 395 g/mol. The van der Waals surface area contributed by atoms with E-state index in [1.807, 2.05) is 48.2 Å². The van der Waals surface area contributed by atoms with Crippen molar-refractivity contribution in [1.82, 2.24) is 19.9 Å². The fourth-order valence-electron chi connectivity index (χ4n) is 4.16. The normalized spacial score (nSPS) is 24.6. The van der Waals surface area contributed by atoms with Crippen LogP contribution in [-0.2, 0) is 4.74 Å². The molecule has 7 heteroatoms. The molecule has 1 amide bonds. The zero-order valence-electron chi connectivity index (χ0n) is 15.5. The van der Waals surface area contributed by atoms with Crippen molar-refractivity contribution in [1.29, 1.82) is 0 Å². The number of thioether (sulfide) groups is 1. The Balaban J connectivity index is 1.40. The fraction of sp³-hybridized carbons (Fsp3) is 0.381. The number of amides is 1. The highest BCUT2D eigenvalue weighted by atomic mass is 32.2. The molecule has 4 heterocycles. The monoisotopic (exact) mass is 394 g/mol. The number of carbonyl (C=O) groups excluding carboxylic acids is 1. The Bertz CT molecular complexity index is 998. The van der Waals surface area contributed by atoms with Crippen LogP contribution in [0.1, 0.15) is 29.6 Å². The second-order valence-electron chi connectivity index (χ2n) is 7.49. The number of aromatic nitrogens is 3. The van der Waals surface area contributed by atoms with Gasteiger partial charge in [-0.2, -0.15) is 16.9 Å². The number of benzene rings is 1. The van der Waals surface area contributed by atoms with Gasteiger partial charge in [0.15, 0.2) is 5.65 Å². The molecule has 2 aliphatic rings. The van der Waals surface area contributed by atoms with Crippen molar-refractivity contribution >= 4 is 23.3 Å². The molecule has 2 unspecified atom stereocenters. The van der Waals surface area contributed by atoms with E-state index in [1.54, 1.807) is 16.9 Å². The molecular formula is C21H22N4O2S. The van der Waals surface area contributed by atoms with Crippen LogP contribution in [0.25, 0.3) is 16.9 Å². The van der Waals surface area contributed by atoms with E-state index in [4.69, 9.17) is 4.74 Å². The second kappa shape index (κ2) is 7.22. The van der Waals surface area contributed by atoms with Crippen molar-refractivity contribution in [3.63, 3.8) is 0 Å². The first kappa shape index (κ1) is 17.7. The standard InChI is InChI=1S/C21H22N4O2S/c26-20(24-16-7-10-27-21(12-16)8-11-28-14-21)17-13-23-25-18(6-9-22-19(17)25)15-4-2-1-3-5-15/h1-6,9,13,16H,7-8,10-12,14H2,(H,24,26). The van der Waals surface area contributed by atoms with E-state index in [0.29, 0.717) is 17.8 Å². The van der Waals surface area contributed by atoms with Crippen LogP contribution in [0.5, 0.6) is 0 Å². The van der Waals surface area contributed by atoms with E-state index in [0.717, 1.165) is 42.0 Å². The fourth-order valence-corrected chi connectivity index (χ4v) is 5.53. The lowest BCUT2D eigenvalue weighted by molar-refractivity contribution is -0.0688. The summed E-state index contributed by atoms with van der Waals surface area (Å²) < 4.78 is 7.80. The maximum absolute atomic E-state index is 13.0. The van der Waals surface area contributed by atoms with Crippen LogP contribution in [0.15, 0.2) is 48.8 Å². The number of nitrogens with one attached hydrogen (secondary N) is 1. The van der Waals surface area contributed by atoms with Gasteiger partial charge >= 0.3 is 0 Å². The highest BCUT2D eigenvalue weighted by molar-refractivity contribution is 7.99. The summed E-state index contributed by atoms with van der Waals surface area (Å²) in [6, 6.07) is 12.0. The molecule has 6 nitrogen and oxygen atoms in total. The zero-order chi connectivity index (χ0) is 19.0. The summed E-state index contributed by atoms with van der Waals surface area (Å²) in [4.78, 5) is 17.4. The second-order valence-corrected chi connectivity index (χ2v) is 8.59. The van der Waals surface area contributed by atoms with Gasteiger partial charge in [-0.3, -0.25) is 4.79 Å². The lowest BCUT2D eigenvalue weighted by atomic mass is 9.90. The van der Waals surface area contributed by atoms with E-state index >= 15 is 0 Å². The highest BCUT2D eigenvalue weighted by Gasteiger charge is 2.41. The van der Waals surface area contributed by atoms with Crippen LogP contribution >= 0.6 is 11.8 Å². The lowest BCUT2D eigenvalue weighted by Crippen LogP contribution is -2.48. The summed E-state index contributed by atoms with van der Waals surface area (Å²) in [7, 11) is 0. The SMILES string of the molecule is O=C(NC1CCOC2(CCSC2)C1)c1cnn2c(-c3ccccc3)ccnc12. The molecular weight excluding hydrogens is 372 g/mol. The predicted octanol–water partition coefficient (Wildman–Crippen LogP) is 3.18. The first-order valence-corrected chi connectivity index (χ1v) is 10.8. The Morgan fingerprint density at radius 1 is 1.29 bits per heavy atom. The van der Waals surface area contributed by atoms with E-state index in [1.165, 1.54) is 0 Å². The summed E-state index contributed by atoms with van der Waals surface area (Å²) in [6.45, 7) is 0.705. The number of rotatable bonds is 3. The van der Waals surface area contributed by atoms with Gasteiger partial charge in [0.2, 0.25) is 0 Å². The van der Waals surface area contributed by atoms with Gasteiger partial charge in [-0.05, 0) is 31.1 Å². The molecule has 5 rings (SSSR count). The average Bonchev–Trinajstić information content (AvgIpc) is 3.36. The van der Waals surface area contributed by atoms with Crippen molar-refractivity contribution in [2.24, 2.45) is 0 Å². The molecule has 0 radical (unpaired) electrons. The molecule has 1 spiro atoms. The third-order valence-electron chi connectivity index (χ3n) is 5.61. The number of ether oxygens (including phenoxy) is 1. The van der Waals surface area contributed by atoms with Crippen LogP contribution in [0, 0.1) is 0 Å². The van der Waals surface area contributed by atoms with Gasteiger partial charge in [0.25, 0.3) is 5.91 Å². The third-order valence-corrected chi connectivity index (χ3v) is 6.83. The summed E-state index contributed by atoms with van der Waals surface area (Å²) in [5, 5.41) is 7.65. The quantitative estimate of drug-likeness (QED) is 0.739. The Morgan fingerprint density at radius 3 is 3.00 bits per heavy atom. The lowest BCUT2D eigenvalue weighted by Gasteiger charge is -2.37. The van der Waals surface area contributed by atoms with Crippen molar-refractivity contribution in [2.45, 2.75) is 30.9 Å². The molecule has 2 aliphatic heterocycles. The number of hydrogen-bond donors (Lipinski definition) is 1. The summed E-state index contributed by atoms with van der Waals surface area (Å²) in [6.07, 6.45) is 6.15. The van der Waals surface area contributed by atoms with E-state index in [-0.39, 0.29) is 17.6 Å². The number of hydrogen-bond acceptors (Lipinski definition) is 5. The number of fused-ring (bicyclic) bond motifs is 1. The highest BCUT2D eigenvalue weighted by Crippen LogP contribution is 2.38. The van der Waals surface area contributed by atoms with Gasteiger partial charge in [-0.25, -0.2) is 9.50 Å². The Hall–Kier alpha value is -2.38. The molecule has 2 aromatic heterocycles. The molecule has 2 fully saturated rings. The molecule has 0 saturated carbocycles. The first-order chi connectivity index (χ1) is 13.7. The molecule has 2 saturated heterocycles. The summed E-state index contributed by atoms with van der Waals surface area (Å²) in [5.41, 5.74) is 2.99. The predicted molar refractivity (Wildman–Crippen MR) is 110 cm³/mol. The minimum Gasteiger partial charge on any atom is -0.374 e. The van der Waals surface area contributed by atoms with E-state index in [2.05, 4.69) is 15.4 Å². The van der Waals surface area contributed by atoms with Crippen LogP contribution in [0.2, 0.25) is 0 Å². The summed E-state index contributed by atoms with van der Waals surface area (Å²) >= 11 is 1.94. The summed E-state index contributed by atoms with van der Waals surface area (Å²) in [5.74, 6) is 2.05. The van der Waals surface area contributed by atoms with Gasteiger partial charge in [-0.15, -0.1) is 0 Å². The van der Waals surface area contributed by atoms with Crippen molar-refractivity contribution < 1.29 is 9.53 Å². The molecule has 2 atom stereocenters. The maximum atomic E-state index is 13.0. The minimum absolute atomic E-state index is 0.0549. The van der Waals surface area contributed by atoms with Crippen LogP contribution in [0.4, 0.5) is 0 Å². The molecule has 3 aromatic rings. The zero-order valence-corrected chi connectivity index (χ0v) is 16.3. The van der Waals surface area contributed by atoms with Crippen LogP contribution < -0.4 is 5.32 Å². The van der Waals surface area contributed by atoms with Crippen molar-refractivity contribution in [2.75, 3.05) is 18.1 Å². The van der Waals surface area contributed by atoms with Gasteiger partial charge in [0, 0.05) is 30.2 Å². The third kappa shape index (κ3) is 3.18. The number of nitrogens with zero attached hydrogens (tertiary/aromatic N) is 3.